The maximum absolute atomic E-state index is 10.1. The number of carbonyl (C=O) groups is 1. The Balaban J connectivity index is 3.16. The van der Waals surface area contributed by atoms with Crippen LogP contribution in [0.5, 0.6) is 0 Å². The van der Waals surface area contributed by atoms with E-state index in [9.17, 15) is 4.79 Å². The van der Waals surface area contributed by atoms with Crippen LogP contribution in [0, 0.1) is 0 Å². The molecule has 0 heterocycles. The molecular weight excluding hydrogens is 148 g/mol. The third-order valence-corrected chi connectivity index (χ3v) is 1.14. The fraction of sp³-hybridized carbons (Fsp3) is 0.833. The maximum atomic E-state index is 10.1. The van der Waals surface area contributed by atoms with Crippen LogP contribution in [0.25, 0.3) is 0 Å². The Kier molecular flexibility index (Phi) is 5.50. The molecule has 0 spiro atoms. The third-order valence-electron chi connectivity index (χ3n) is 1.14. The number of rotatable bonds is 5. The van der Waals surface area contributed by atoms with Crippen LogP contribution in [-0.4, -0.2) is 37.5 Å². The lowest BCUT2D eigenvalue weighted by Crippen LogP contribution is -2.32. The first kappa shape index (κ1) is 10.2. The minimum Gasteiger partial charge on any atom is -0.391 e. The molecule has 1 atom stereocenters. The second-order valence-corrected chi connectivity index (χ2v) is 2.19. The summed E-state index contributed by atoms with van der Waals surface area (Å²) in [6.07, 6.45) is -0.0802. The Morgan fingerprint density at radius 1 is 1.82 bits per heavy atom. The Hall–Kier alpha value is -0.810. The number of amides is 2. The third kappa shape index (κ3) is 7.08. The molecule has 2 amide bonds. The van der Waals surface area contributed by atoms with Crippen LogP contribution in [0.4, 0.5) is 4.79 Å². The van der Waals surface area contributed by atoms with Gasteiger partial charge < -0.3 is 20.9 Å². The number of hydrogen-bond acceptors (Lipinski definition) is 3. The molecule has 5 nitrogen and oxygen atoms in total. The molecule has 11 heavy (non-hydrogen) atoms. The number of methoxy groups -OCH3 is 1. The van der Waals surface area contributed by atoms with Crippen molar-refractivity contribution in [2.75, 3.05) is 20.3 Å². The van der Waals surface area contributed by atoms with E-state index in [4.69, 9.17) is 10.8 Å². The van der Waals surface area contributed by atoms with Crippen LogP contribution < -0.4 is 11.1 Å². The van der Waals surface area contributed by atoms with E-state index in [1.54, 1.807) is 0 Å². The van der Waals surface area contributed by atoms with Gasteiger partial charge in [0.05, 0.1) is 12.7 Å². The molecular formula is C6H14N2O3. The van der Waals surface area contributed by atoms with Crippen LogP contribution in [0.3, 0.4) is 0 Å². The van der Waals surface area contributed by atoms with Gasteiger partial charge in [-0.3, -0.25) is 0 Å². The molecule has 0 bridgehead atoms. The molecule has 0 fully saturated rings. The summed E-state index contributed by atoms with van der Waals surface area (Å²) in [5.41, 5.74) is 4.79. The normalized spacial score (nSPS) is 12.5. The van der Waals surface area contributed by atoms with Crippen LogP contribution in [0.2, 0.25) is 0 Å². The van der Waals surface area contributed by atoms with Gasteiger partial charge in [0.15, 0.2) is 0 Å². The molecule has 0 aliphatic heterocycles. The van der Waals surface area contributed by atoms with E-state index < -0.39 is 12.1 Å². The van der Waals surface area contributed by atoms with E-state index >= 15 is 0 Å². The van der Waals surface area contributed by atoms with E-state index in [1.807, 2.05) is 0 Å². The van der Waals surface area contributed by atoms with E-state index in [0.29, 0.717) is 13.0 Å². The van der Waals surface area contributed by atoms with Crippen molar-refractivity contribution in [2.45, 2.75) is 12.5 Å². The number of ether oxygens (including phenoxy) is 1. The molecule has 5 heteroatoms. The van der Waals surface area contributed by atoms with Gasteiger partial charge in [-0.1, -0.05) is 0 Å². The summed E-state index contributed by atoms with van der Waals surface area (Å²) < 4.78 is 4.67. The number of nitrogens with one attached hydrogen (secondary N) is 1. The van der Waals surface area contributed by atoms with Crippen molar-refractivity contribution < 1.29 is 14.6 Å². The zero-order valence-corrected chi connectivity index (χ0v) is 6.54. The summed E-state index contributed by atoms with van der Waals surface area (Å²) in [7, 11) is 1.50. The number of nitrogens with two attached hydrogens (primary N) is 1. The second-order valence-electron chi connectivity index (χ2n) is 2.19. The Morgan fingerprint density at radius 2 is 2.45 bits per heavy atom. The highest BCUT2D eigenvalue weighted by molar-refractivity contribution is 5.71. The quantitative estimate of drug-likeness (QED) is 0.487. The van der Waals surface area contributed by atoms with Gasteiger partial charge in [0.25, 0.3) is 0 Å². The number of carbonyl (C=O) groups excluding carboxylic acids is 1. The van der Waals surface area contributed by atoms with Gasteiger partial charge in [0.2, 0.25) is 0 Å². The van der Waals surface area contributed by atoms with Gasteiger partial charge in [0.1, 0.15) is 0 Å². The molecule has 4 N–H and O–H groups in total. The number of hydrogen-bond donors (Lipinski definition) is 3. The molecule has 0 rings (SSSR count). The van der Waals surface area contributed by atoms with E-state index in [2.05, 4.69) is 10.1 Å². The number of urea groups is 1. The smallest absolute Gasteiger partial charge is 0.312 e. The predicted octanol–water partition coefficient (Wildman–Crippen LogP) is -0.948. The van der Waals surface area contributed by atoms with E-state index in [1.165, 1.54) is 7.11 Å². The standard InChI is InChI=1S/C6H14N2O3/c1-11-4-5(9)2-3-8-6(7)10/h5,9H,2-4H2,1H3,(H3,7,8,10). The number of aliphatic hydroxyl groups is 1. The fourth-order valence-electron chi connectivity index (χ4n) is 0.638. The minimum atomic E-state index is -0.574. The first-order valence-electron chi connectivity index (χ1n) is 3.37. The molecule has 0 aromatic carbocycles. The molecule has 0 saturated heterocycles. The molecule has 0 saturated carbocycles. The van der Waals surface area contributed by atoms with Crippen molar-refractivity contribution in [1.82, 2.24) is 5.32 Å². The van der Waals surface area contributed by atoms with E-state index in [0.717, 1.165) is 0 Å². The largest absolute Gasteiger partial charge is 0.391 e. The summed E-state index contributed by atoms with van der Waals surface area (Å²) in [6.45, 7) is 0.653. The van der Waals surface area contributed by atoms with Crippen molar-refractivity contribution in [1.29, 1.82) is 0 Å². The zero-order chi connectivity index (χ0) is 8.69. The maximum Gasteiger partial charge on any atom is 0.312 e. The van der Waals surface area contributed by atoms with Crippen molar-refractivity contribution in [2.24, 2.45) is 5.73 Å². The van der Waals surface area contributed by atoms with Gasteiger partial charge in [-0.25, -0.2) is 4.79 Å². The first-order valence-corrected chi connectivity index (χ1v) is 3.37. The Labute approximate surface area is 65.5 Å². The number of aliphatic hydroxyl groups excluding tert-OH is 1. The summed E-state index contributed by atoms with van der Waals surface area (Å²) in [4.78, 5) is 10.1. The average Bonchev–Trinajstić information content (AvgIpc) is 1.87. The SMILES string of the molecule is COCC(O)CCNC(N)=O. The lowest BCUT2D eigenvalue weighted by Gasteiger charge is -2.08. The summed E-state index contributed by atoms with van der Waals surface area (Å²) in [6, 6.07) is -0.574. The summed E-state index contributed by atoms with van der Waals surface area (Å²) in [5, 5.41) is 11.4. The molecule has 0 radical (unpaired) electrons. The highest BCUT2D eigenvalue weighted by atomic mass is 16.5. The lowest BCUT2D eigenvalue weighted by atomic mass is 10.3. The average molecular weight is 162 g/mol. The van der Waals surface area contributed by atoms with Gasteiger partial charge >= 0.3 is 6.03 Å². The molecule has 0 aromatic heterocycles. The van der Waals surface area contributed by atoms with Gasteiger partial charge in [-0.2, -0.15) is 0 Å². The molecule has 1 unspecified atom stereocenters. The topological polar surface area (TPSA) is 84.6 Å². The Bertz CT molecular complexity index is 118. The highest BCUT2D eigenvalue weighted by Gasteiger charge is 2.02. The number of primary amides is 1. The van der Waals surface area contributed by atoms with Crippen LogP contribution >= 0.6 is 0 Å². The Morgan fingerprint density at radius 3 is 2.91 bits per heavy atom. The van der Waals surface area contributed by atoms with Crippen molar-refractivity contribution in [3.05, 3.63) is 0 Å². The van der Waals surface area contributed by atoms with Crippen LogP contribution in [0.1, 0.15) is 6.42 Å². The zero-order valence-electron chi connectivity index (χ0n) is 6.54. The predicted molar refractivity (Wildman–Crippen MR) is 40.1 cm³/mol. The van der Waals surface area contributed by atoms with Crippen molar-refractivity contribution in [3.63, 3.8) is 0 Å². The molecule has 0 aliphatic rings. The van der Waals surface area contributed by atoms with Gasteiger partial charge in [-0.05, 0) is 6.42 Å². The first-order chi connectivity index (χ1) is 5.16. The molecule has 0 aromatic rings. The van der Waals surface area contributed by atoms with Crippen molar-refractivity contribution >= 4 is 6.03 Å². The van der Waals surface area contributed by atoms with Crippen LogP contribution in [-0.2, 0) is 4.74 Å². The fourth-order valence-corrected chi connectivity index (χ4v) is 0.638. The molecule has 0 aliphatic carbocycles. The van der Waals surface area contributed by atoms with Crippen LogP contribution in [0.15, 0.2) is 0 Å². The lowest BCUT2D eigenvalue weighted by molar-refractivity contribution is 0.0599. The molecule has 66 valence electrons. The highest BCUT2D eigenvalue weighted by Crippen LogP contribution is 1.89. The van der Waals surface area contributed by atoms with E-state index in [-0.39, 0.29) is 6.61 Å². The summed E-state index contributed by atoms with van der Waals surface area (Å²) in [5.74, 6) is 0. The van der Waals surface area contributed by atoms with Gasteiger partial charge in [-0.15, -0.1) is 0 Å². The minimum absolute atomic E-state index is 0.278. The monoisotopic (exact) mass is 162 g/mol. The van der Waals surface area contributed by atoms with Gasteiger partial charge in [0, 0.05) is 13.7 Å². The second kappa shape index (κ2) is 5.94. The van der Waals surface area contributed by atoms with Crippen molar-refractivity contribution in [3.8, 4) is 0 Å². The summed E-state index contributed by atoms with van der Waals surface area (Å²) >= 11 is 0.